The maximum absolute atomic E-state index is 11.8. The number of nitrogens with zero attached hydrogens (tertiary/aromatic N) is 2. The van der Waals surface area contributed by atoms with Crippen LogP contribution in [0.5, 0.6) is 17.2 Å². The molecule has 2 aromatic carbocycles. The van der Waals surface area contributed by atoms with Crippen molar-refractivity contribution in [2.75, 3.05) is 13.7 Å². The molecule has 7 heteroatoms. The van der Waals surface area contributed by atoms with Gasteiger partial charge in [0.25, 0.3) is 0 Å². The number of nitriles is 2. The topological polar surface area (TPSA) is 92.3 Å². The third-order valence-electron chi connectivity index (χ3n) is 3.21. The summed E-state index contributed by atoms with van der Waals surface area (Å²) in [5, 5.41) is 18.3. The summed E-state index contributed by atoms with van der Waals surface area (Å²) in [4.78, 5) is 11.8. The van der Waals surface area contributed by atoms with E-state index in [0.29, 0.717) is 17.1 Å². The van der Waals surface area contributed by atoms with Crippen molar-refractivity contribution in [3.8, 4) is 29.4 Å². The van der Waals surface area contributed by atoms with E-state index in [1.54, 1.807) is 6.92 Å². The Bertz CT molecular complexity index is 897. The van der Waals surface area contributed by atoms with E-state index in [0.717, 1.165) is 0 Å². The SMILES string of the molecule is CCOC(=O)c1ccc(Oc2cc(C#N)c(C#N)cc2Cl)c(OC)c1. The van der Waals surface area contributed by atoms with Gasteiger partial charge in [0.1, 0.15) is 17.9 Å². The largest absolute Gasteiger partial charge is 0.493 e. The average Bonchev–Trinajstić information content (AvgIpc) is 2.63. The Balaban J connectivity index is 2.39. The first-order valence-electron chi connectivity index (χ1n) is 7.20. The van der Waals surface area contributed by atoms with E-state index >= 15 is 0 Å². The molecule has 2 aromatic rings. The lowest BCUT2D eigenvalue weighted by Crippen LogP contribution is -2.05. The lowest BCUT2D eigenvalue weighted by molar-refractivity contribution is 0.0526. The van der Waals surface area contributed by atoms with E-state index in [4.69, 9.17) is 36.3 Å². The Hall–Kier alpha value is -3.22. The van der Waals surface area contributed by atoms with Crippen LogP contribution >= 0.6 is 11.6 Å². The van der Waals surface area contributed by atoms with E-state index in [9.17, 15) is 4.79 Å². The fourth-order valence-corrected chi connectivity index (χ4v) is 2.23. The summed E-state index contributed by atoms with van der Waals surface area (Å²) in [6.45, 7) is 1.98. The van der Waals surface area contributed by atoms with Crippen LogP contribution < -0.4 is 9.47 Å². The monoisotopic (exact) mass is 356 g/mol. The van der Waals surface area contributed by atoms with Gasteiger partial charge in [-0.25, -0.2) is 4.79 Å². The first-order chi connectivity index (χ1) is 12.0. The molecule has 0 saturated heterocycles. The zero-order valence-corrected chi connectivity index (χ0v) is 14.3. The maximum atomic E-state index is 11.8. The Morgan fingerprint density at radius 1 is 1.08 bits per heavy atom. The summed E-state index contributed by atoms with van der Waals surface area (Å²) in [6.07, 6.45) is 0. The Kier molecular flexibility index (Phi) is 5.84. The predicted molar refractivity (Wildman–Crippen MR) is 89.9 cm³/mol. The number of halogens is 1. The van der Waals surface area contributed by atoms with Crippen LogP contribution in [0.1, 0.15) is 28.4 Å². The van der Waals surface area contributed by atoms with E-state index < -0.39 is 5.97 Å². The molecule has 0 radical (unpaired) electrons. The van der Waals surface area contributed by atoms with Gasteiger partial charge in [-0.2, -0.15) is 10.5 Å². The lowest BCUT2D eigenvalue weighted by atomic mass is 10.1. The zero-order valence-electron chi connectivity index (χ0n) is 13.5. The second kappa shape index (κ2) is 8.05. The fraction of sp³-hybridized carbons (Fsp3) is 0.167. The third-order valence-corrected chi connectivity index (χ3v) is 3.50. The molecule has 0 amide bonds. The van der Waals surface area contributed by atoms with Gasteiger partial charge in [0.05, 0.1) is 35.4 Å². The summed E-state index contributed by atoms with van der Waals surface area (Å²) < 4.78 is 15.9. The van der Waals surface area contributed by atoms with Gasteiger partial charge in [-0.3, -0.25) is 0 Å². The van der Waals surface area contributed by atoms with Gasteiger partial charge in [0.15, 0.2) is 11.5 Å². The maximum Gasteiger partial charge on any atom is 0.338 e. The smallest absolute Gasteiger partial charge is 0.338 e. The standard InChI is InChI=1S/C18H13ClN2O4/c1-3-24-18(22)11-4-5-15(17(7-11)23-2)25-16-8-13(10-21)12(9-20)6-14(16)19/h4-8H,3H2,1-2H3. The van der Waals surface area contributed by atoms with E-state index in [-0.39, 0.29) is 28.5 Å². The molecule has 126 valence electrons. The highest BCUT2D eigenvalue weighted by molar-refractivity contribution is 6.32. The van der Waals surface area contributed by atoms with Crippen molar-refractivity contribution in [1.82, 2.24) is 0 Å². The van der Waals surface area contributed by atoms with E-state index in [2.05, 4.69) is 0 Å². The van der Waals surface area contributed by atoms with Crippen LogP contribution in [0.15, 0.2) is 30.3 Å². The molecule has 25 heavy (non-hydrogen) atoms. The van der Waals surface area contributed by atoms with Crippen molar-refractivity contribution in [2.24, 2.45) is 0 Å². The molecule has 2 rings (SSSR count). The van der Waals surface area contributed by atoms with E-state index in [1.807, 2.05) is 12.1 Å². The van der Waals surface area contributed by atoms with Crippen molar-refractivity contribution in [1.29, 1.82) is 10.5 Å². The molecule has 0 saturated carbocycles. The quantitative estimate of drug-likeness (QED) is 0.750. The summed E-state index contributed by atoms with van der Waals surface area (Å²) >= 11 is 6.11. The molecule has 0 aliphatic heterocycles. The molecule has 0 aliphatic carbocycles. The van der Waals surface area contributed by atoms with Crippen molar-refractivity contribution in [3.05, 3.63) is 52.0 Å². The molecule has 0 spiro atoms. The molecule has 0 heterocycles. The van der Waals surface area contributed by atoms with Gasteiger partial charge >= 0.3 is 5.97 Å². The summed E-state index contributed by atoms with van der Waals surface area (Å²) in [5.74, 6) is 0.311. The highest BCUT2D eigenvalue weighted by Crippen LogP contribution is 2.37. The second-order valence-electron chi connectivity index (χ2n) is 4.74. The predicted octanol–water partition coefficient (Wildman–Crippen LogP) is 4.06. The molecule has 0 unspecified atom stereocenters. The minimum Gasteiger partial charge on any atom is -0.493 e. The number of carbonyl (C=O) groups excluding carboxylic acids is 1. The Labute approximate surface area is 149 Å². The zero-order chi connectivity index (χ0) is 18.4. The second-order valence-corrected chi connectivity index (χ2v) is 5.15. The van der Waals surface area contributed by atoms with Gasteiger partial charge < -0.3 is 14.2 Å². The van der Waals surface area contributed by atoms with E-state index in [1.165, 1.54) is 37.4 Å². The highest BCUT2D eigenvalue weighted by atomic mass is 35.5. The first kappa shape index (κ1) is 18.1. The molecule has 0 bridgehead atoms. The number of esters is 1. The third kappa shape index (κ3) is 4.00. The molecule has 0 atom stereocenters. The summed E-state index contributed by atoms with van der Waals surface area (Å²) in [7, 11) is 1.43. The number of ether oxygens (including phenoxy) is 3. The van der Waals surface area contributed by atoms with Gasteiger partial charge in [-0.15, -0.1) is 0 Å². The molecule has 0 fully saturated rings. The van der Waals surface area contributed by atoms with Gasteiger partial charge in [-0.1, -0.05) is 11.6 Å². The lowest BCUT2D eigenvalue weighted by Gasteiger charge is -2.13. The van der Waals surface area contributed by atoms with Crippen molar-refractivity contribution in [3.63, 3.8) is 0 Å². The molecule has 0 aromatic heterocycles. The van der Waals surface area contributed by atoms with Crippen LogP contribution in [0, 0.1) is 22.7 Å². The van der Waals surface area contributed by atoms with Crippen LogP contribution in [0.3, 0.4) is 0 Å². The molecule has 6 nitrogen and oxygen atoms in total. The number of rotatable bonds is 5. The number of hydrogen-bond acceptors (Lipinski definition) is 6. The van der Waals surface area contributed by atoms with Crippen LogP contribution in [-0.4, -0.2) is 19.7 Å². The molecular formula is C18H13ClN2O4. The summed E-state index contributed by atoms with van der Waals surface area (Å²) in [5.41, 5.74) is 0.614. The number of carbonyl (C=O) groups is 1. The average molecular weight is 357 g/mol. The number of benzene rings is 2. The summed E-state index contributed by atoms with van der Waals surface area (Å²) in [6, 6.07) is 11.1. The van der Waals surface area contributed by atoms with Crippen molar-refractivity contribution >= 4 is 17.6 Å². The van der Waals surface area contributed by atoms with Crippen LogP contribution in [0.25, 0.3) is 0 Å². The minimum absolute atomic E-state index is 0.143. The van der Waals surface area contributed by atoms with Crippen LogP contribution in [-0.2, 0) is 4.74 Å². The van der Waals surface area contributed by atoms with Crippen LogP contribution in [0.2, 0.25) is 5.02 Å². The molecule has 0 N–H and O–H groups in total. The van der Waals surface area contributed by atoms with Crippen molar-refractivity contribution in [2.45, 2.75) is 6.92 Å². The Morgan fingerprint density at radius 2 is 1.76 bits per heavy atom. The number of hydrogen-bond donors (Lipinski definition) is 0. The Morgan fingerprint density at radius 3 is 2.36 bits per heavy atom. The number of methoxy groups -OCH3 is 1. The first-order valence-corrected chi connectivity index (χ1v) is 7.58. The highest BCUT2D eigenvalue weighted by Gasteiger charge is 2.15. The van der Waals surface area contributed by atoms with Gasteiger partial charge in [0.2, 0.25) is 0 Å². The van der Waals surface area contributed by atoms with Crippen molar-refractivity contribution < 1.29 is 19.0 Å². The fourth-order valence-electron chi connectivity index (χ4n) is 2.03. The molecule has 0 aliphatic rings. The van der Waals surface area contributed by atoms with Crippen LogP contribution in [0.4, 0.5) is 0 Å². The minimum atomic E-state index is -0.476. The van der Waals surface area contributed by atoms with Gasteiger partial charge in [-0.05, 0) is 31.2 Å². The molecular weight excluding hydrogens is 344 g/mol. The normalized spacial score (nSPS) is 9.64. The van der Waals surface area contributed by atoms with Gasteiger partial charge in [0, 0.05) is 6.07 Å².